The Balaban J connectivity index is 2.69. The molecule has 0 radical (unpaired) electrons. The van der Waals surface area contributed by atoms with Gasteiger partial charge in [0.1, 0.15) is 24.4 Å². The molecule has 1 saturated heterocycles. The van der Waals surface area contributed by atoms with Crippen LogP contribution in [-0.2, 0) is 23.8 Å². The van der Waals surface area contributed by atoms with Crippen molar-refractivity contribution in [3.05, 3.63) is 85.1 Å². The topological polar surface area (TPSA) is 175 Å². The number of hydrogen-bond donors (Lipinski definition) is 6. The smallest absolute Gasteiger partial charge is 0.306 e. The van der Waals surface area contributed by atoms with Gasteiger partial charge in [-0.3, -0.25) is 9.59 Å². The zero-order valence-electron chi connectivity index (χ0n) is 49.1. The van der Waals surface area contributed by atoms with Gasteiger partial charge in [-0.1, -0.05) is 234 Å². The quantitative estimate of drug-likeness (QED) is 0.0195. The zero-order chi connectivity index (χ0) is 56.1. The molecule has 77 heavy (non-hydrogen) atoms. The van der Waals surface area contributed by atoms with Gasteiger partial charge in [0, 0.05) is 6.42 Å². The van der Waals surface area contributed by atoms with Gasteiger partial charge in [-0.15, -0.1) is 0 Å². The van der Waals surface area contributed by atoms with Crippen LogP contribution >= 0.6 is 0 Å². The summed E-state index contributed by atoms with van der Waals surface area (Å²) in [6.45, 7) is 5.70. The number of carbonyl (C=O) groups is 2. The minimum atomic E-state index is -1.62. The molecule has 1 amide bonds. The molecule has 1 fully saturated rings. The number of hydrogen-bond acceptors (Lipinski definition) is 10. The predicted molar refractivity (Wildman–Crippen MR) is 319 cm³/mol. The first-order valence-electron chi connectivity index (χ1n) is 31.4. The van der Waals surface area contributed by atoms with Gasteiger partial charge < -0.3 is 45.1 Å². The average Bonchev–Trinajstić information content (AvgIpc) is 3.43. The lowest BCUT2D eigenvalue weighted by Gasteiger charge is -2.41. The van der Waals surface area contributed by atoms with Crippen LogP contribution in [0.3, 0.4) is 0 Å². The van der Waals surface area contributed by atoms with Gasteiger partial charge in [-0.25, -0.2) is 0 Å². The Morgan fingerprint density at radius 1 is 0.506 bits per heavy atom. The maximum Gasteiger partial charge on any atom is 0.306 e. The van der Waals surface area contributed by atoms with Crippen molar-refractivity contribution < 1.29 is 49.3 Å². The molecule has 1 aliphatic heterocycles. The van der Waals surface area contributed by atoms with Gasteiger partial charge in [0.25, 0.3) is 0 Å². The Hall–Kier alpha value is -3.16. The standard InChI is InChI=1S/C66H115NO10/c1-4-7-10-13-16-19-22-24-26-28-30-32-34-36-39-42-45-48-51-54-61(71)77-64-63(73)62(72)60(55-68)76-66(64)75-56-57(58(69)52-49-46-43-40-37-21-18-15-12-9-6-3)67-65(74)59(70)53-50-47-44-41-38-35-33-31-29-27-25-23-20-17-14-11-8-5-2/h16-17,19-20,24-27,31,33,38,41,49,52,57-60,62-64,66,68-70,72-73H,4-15,18,21-23,28-30,32,34-37,39-40,42-48,50-51,53-56H2,1-3H3,(H,67,74)/b19-16-,20-17-,26-24-,27-25-,33-31-,41-38-,52-49+. The first-order valence-corrected chi connectivity index (χ1v) is 31.4. The van der Waals surface area contributed by atoms with Crippen molar-refractivity contribution in [2.24, 2.45) is 0 Å². The maximum atomic E-state index is 13.4. The zero-order valence-corrected chi connectivity index (χ0v) is 49.1. The molecule has 0 aromatic heterocycles. The van der Waals surface area contributed by atoms with E-state index in [2.05, 4.69) is 99.0 Å². The highest BCUT2D eigenvalue weighted by molar-refractivity contribution is 5.80. The number of aliphatic hydroxyl groups excluding tert-OH is 5. The van der Waals surface area contributed by atoms with Gasteiger partial charge in [-0.05, 0) is 103 Å². The van der Waals surface area contributed by atoms with E-state index in [1.807, 2.05) is 6.08 Å². The van der Waals surface area contributed by atoms with Crippen LogP contribution in [0, 0.1) is 0 Å². The summed E-state index contributed by atoms with van der Waals surface area (Å²) in [6, 6.07) is -1.05. The number of ether oxygens (including phenoxy) is 3. The van der Waals surface area contributed by atoms with Crippen molar-refractivity contribution in [3.63, 3.8) is 0 Å². The number of allylic oxidation sites excluding steroid dienone is 13. The van der Waals surface area contributed by atoms with Crippen LogP contribution in [-0.4, -0.2) is 99.6 Å². The number of aliphatic hydroxyl groups is 5. The fourth-order valence-electron chi connectivity index (χ4n) is 9.25. The van der Waals surface area contributed by atoms with E-state index < -0.39 is 67.4 Å². The lowest BCUT2D eigenvalue weighted by molar-refractivity contribution is -0.305. The molecule has 11 heteroatoms. The summed E-state index contributed by atoms with van der Waals surface area (Å²) >= 11 is 0. The highest BCUT2D eigenvalue weighted by Crippen LogP contribution is 2.26. The van der Waals surface area contributed by atoms with Gasteiger partial charge in [-0.2, -0.15) is 0 Å². The van der Waals surface area contributed by atoms with E-state index in [-0.39, 0.29) is 19.4 Å². The minimum Gasteiger partial charge on any atom is -0.454 e. The number of nitrogens with one attached hydrogen (secondary N) is 1. The van der Waals surface area contributed by atoms with E-state index in [1.54, 1.807) is 6.08 Å². The minimum absolute atomic E-state index is 0.111. The molecule has 8 unspecified atom stereocenters. The molecule has 0 aromatic rings. The van der Waals surface area contributed by atoms with Gasteiger partial charge in [0.15, 0.2) is 12.4 Å². The summed E-state index contributed by atoms with van der Waals surface area (Å²) < 4.78 is 17.6. The van der Waals surface area contributed by atoms with Crippen LogP contribution in [0.1, 0.15) is 258 Å². The van der Waals surface area contributed by atoms with E-state index in [0.29, 0.717) is 12.8 Å². The Bertz CT molecular complexity index is 1570. The normalized spacial score (nSPS) is 19.6. The second kappa shape index (κ2) is 53.5. The molecule has 0 bridgehead atoms. The Kier molecular flexibility index (Phi) is 49.9. The number of esters is 1. The van der Waals surface area contributed by atoms with E-state index in [1.165, 1.54) is 109 Å². The Morgan fingerprint density at radius 2 is 0.896 bits per heavy atom. The molecular formula is C66H115NO10. The number of carbonyl (C=O) groups excluding carboxylic acids is 2. The summed E-state index contributed by atoms with van der Waals surface area (Å²) in [4.78, 5) is 26.5. The summed E-state index contributed by atoms with van der Waals surface area (Å²) in [7, 11) is 0. The van der Waals surface area contributed by atoms with Gasteiger partial charge in [0.2, 0.25) is 5.91 Å². The number of unbranched alkanes of at least 4 members (excludes halogenated alkanes) is 26. The molecule has 1 aliphatic rings. The maximum absolute atomic E-state index is 13.4. The molecule has 0 saturated carbocycles. The largest absolute Gasteiger partial charge is 0.454 e. The Labute approximate surface area is 470 Å². The summed E-state index contributed by atoms with van der Waals surface area (Å²) in [5, 5.41) is 56.9. The number of amides is 1. The predicted octanol–water partition coefficient (Wildman–Crippen LogP) is 14.9. The van der Waals surface area contributed by atoms with Crippen LogP contribution in [0.2, 0.25) is 0 Å². The molecule has 1 rings (SSSR count). The van der Waals surface area contributed by atoms with E-state index >= 15 is 0 Å². The second-order valence-electron chi connectivity index (χ2n) is 21.4. The lowest BCUT2D eigenvalue weighted by Crippen LogP contribution is -2.61. The van der Waals surface area contributed by atoms with Crippen LogP contribution < -0.4 is 5.32 Å². The summed E-state index contributed by atoms with van der Waals surface area (Å²) in [5.74, 6) is -1.23. The first-order chi connectivity index (χ1) is 37.7. The lowest BCUT2D eigenvalue weighted by atomic mass is 9.99. The van der Waals surface area contributed by atoms with Crippen LogP contribution in [0.5, 0.6) is 0 Å². The van der Waals surface area contributed by atoms with Crippen LogP contribution in [0.25, 0.3) is 0 Å². The second-order valence-corrected chi connectivity index (χ2v) is 21.4. The first kappa shape index (κ1) is 71.9. The molecule has 11 nitrogen and oxygen atoms in total. The fourth-order valence-corrected chi connectivity index (χ4v) is 9.25. The molecular weight excluding hydrogens is 967 g/mol. The molecule has 8 atom stereocenters. The monoisotopic (exact) mass is 1080 g/mol. The molecule has 444 valence electrons. The fraction of sp³-hybridized carbons (Fsp3) is 0.758. The molecule has 0 spiro atoms. The summed E-state index contributed by atoms with van der Waals surface area (Å²) in [5.41, 5.74) is 0. The highest BCUT2D eigenvalue weighted by atomic mass is 16.7. The van der Waals surface area contributed by atoms with Crippen molar-refractivity contribution in [2.45, 2.75) is 307 Å². The molecule has 6 N–H and O–H groups in total. The molecule has 0 aromatic carbocycles. The van der Waals surface area contributed by atoms with E-state index in [0.717, 1.165) is 103 Å². The van der Waals surface area contributed by atoms with Crippen molar-refractivity contribution >= 4 is 11.9 Å². The summed E-state index contributed by atoms with van der Waals surface area (Å²) in [6.07, 6.45) is 59.0. The molecule has 1 heterocycles. The third-order valence-corrected chi connectivity index (χ3v) is 14.3. The van der Waals surface area contributed by atoms with Crippen molar-refractivity contribution in [1.82, 2.24) is 5.32 Å². The van der Waals surface area contributed by atoms with Crippen molar-refractivity contribution in [2.75, 3.05) is 13.2 Å². The Morgan fingerprint density at radius 3 is 1.36 bits per heavy atom. The van der Waals surface area contributed by atoms with Crippen molar-refractivity contribution in [1.29, 1.82) is 0 Å². The van der Waals surface area contributed by atoms with E-state index in [4.69, 9.17) is 14.2 Å². The van der Waals surface area contributed by atoms with Gasteiger partial charge >= 0.3 is 5.97 Å². The number of rotatable bonds is 52. The van der Waals surface area contributed by atoms with E-state index in [9.17, 15) is 35.1 Å². The molecule has 0 aliphatic carbocycles. The third kappa shape index (κ3) is 41.5. The van der Waals surface area contributed by atoms with Crippen LogP contribution in [0.4, 0.5) is 0 Å². The van der Waals surface area contributed by atoms with Gasteiger partial charge in [0.05, 0.1) is 25.4 Å². The van der Waals surface area contributed by atoms with Crippen LogP contribution in [0.15, 0.2) is 85.1 Å². The average molecular weight is 1080 g/mol. The highest BCUT2D eigenvalue weighted by Gasteiger charge is 2.47. The SMILES string of the molecule is CCCCC/C=C\C/C=C\C/C=C\C/C=C\CCCCC(O)C(=O)NC(COC1OC(CO)C(O)C(O)C1OC(=O)CCCCCCCCCCC/C=C\C/C=C\CCCCC)C(O)/C=C/CCCCCCCCCCC. The third-order valence-electron chi connectivity index (χ3n) is 14.3. The van der Waals surface area contributed by atoms with Crippen molar-refractivity contribution in [3.8, 4) is 0 Å².